The third-order valence-corrected chi connectivity index (χ3v) is 13.9. The fourth-order valence-electron chi connectivity index (χ4n) is 9.32. The van der Waals surface area contributed by atoms with Crippen LogP contribution in [0.1, 0.15) is 99.8 Å². The standard InChI is InChI=1S/C41H72N2O12S/c1-14-29-40(10,48)34(45)26(6)42-21-22(2)19-38(8,47)35(55-37-32(44)28(43(11)12)18-23(3)51-37)24(4)33(25(5)36(46)53-29)54-31-20-39(9,50-13)41(49,27(7)52-31)30-16-15-17-56-30/h15-17,22-29,31-35,37,42,44-45,47-49H,14,18-21H2,1-13H3/t22-,23-,24+,25-,26-,27+,28+,29-,31+,32-,33+,34-,35-,37+,38-,39-,40-,41+/m1/s1. The van der Waals surface area contributed by atoms with E-state index >= 15 is 0 Å². The minimum Gasteiger partial charge on any atom is -0.459 e. The first kappa shape index (κ1) is 47.4. The first-order valence-corrected chi connectivity index (χ1v) is 21.2. The molecule has 0 aliphatic carbocycles. The van der Waals surface area contributed by atoms with Gasteiger partial charge in [-0.25, -0.2) is 0 Å². The highest BCUT2D eigenvalue weighted by atomic mass is 32.1. The Balaban J connectivity index is 1.82. The van der Waals surface area contributed by atoms with E-state index in [1.165, 1.54) is 25.4 Å². The van der Waals surface area contributed by atoms with Crippen LogP contribution < -0.4 is 5.32 Å². The lowest BCUT2D eigenvalue weighted by Crippen LogP contribution is -2.64. The van der Waals surface area contributed by atoms with E-state index in [1.807, 2.05) is 57.3 Å². The molecule has 324 valence electrons. The molecule has 3 aliphatic rings. The lowest BCUT2D eigenvalue weighted by molar-refractivity contribution is -0.341. The van der Waals surface area contributed by atoms with E-state index in [4.69, 9.17) is 28.4 Å². The van der Waals surface area contributed by atoms with E-state index in [-0.39, 0.29) is 37.3 Å². The molecule has 18 atom stereocenters. The van der Waals surface area contributed by atoms with Crippen molar-refractivity contribution in [2.75, 3.05) is 27.7 Å². The molecule has 1 aromatic rings. The van der Waals surface area contributed by atoms with Gasteiger partial charge in [0, 0.05) is 36.4 Å². The number of rotatable bonds is 8. The molecule has 3 aliphatic heterocycles. The highest BCUT2D eigenvalue weighted by molar-refractivity contribution is 7.10. The first-order valence-electron chi connectivity index (χ1n) is 20.3. The number of nitrogens with zero attached hydrogens (tertiary/aromatic N) is 1. The molecular weight excluding hydrogens is 745 g/mol. The van der Waals surface area contributed by atoms with E-state index in [9.17, 15) is 30.3 Å². The molecule has 6 N–H and O–H groups in total. The number of aliphatic hydroxyl groups excluding tert-OH is 2. The predicted molar refractivity (Wildman–Crippen MR) is 212 cm³/mol. The van der Waals surface area contributed by atoms with Crippen molar-refractivity contribution in [3.05, 3.63) is 22.4 Å². The summed E-state index contributed by atoms with van der Waals surface area (Å²) in [5.74, 6) is -2.69. The quantitative estimate of drug-likeness (QED) is 0.210. The molecule has 3 fully saturated rings. The number of carbonyl (C=O) groups excluding carboxylic acids is 1. The average Bonchev–Trinajstić information content (AvgIpc) is 3.68. The summed E-state index contributed by atoms with van der Waals surface area (Å²) in [6, 6.07) is 2.81. The Bertz CT molecular complexity index is 1400. The Kier molecular flexibility index (Phi) is 15.7. The van der Waals surface area contributed by atoms with Gasteiger partial charge >= 0.3 is 5.97 Å². The first-order chi connectivity index (χ1) is 25.9. The van der Waals surface area contributed by atoms with Crippen LogP contribution in [0, 0.1) is 17.8 Å². The maximum Gasteiger partial charge on any atom is 0.311 e. The van der Waals surface area contributed by atoms with Crippen molar-refractivity contribution >= 4 is 17.3 Å². The number of likely N-dealkylation sites (N-methyl/N-ethyl adjacent to an activating group) is 1. The summed E-state index contributed by atoms with van der Waals surface area (Å²) < 4.78 is 38.4. The number of hydrogen-bond acceptors (Lipinski definition) is 15. The normalized spacial score (nSPS) is 47.9. The van der Waals surface area contributed by atoms with Gasteiger partial charge in [0.2, 0.25) is 0 Å². The SMILES string of the molecule is CC[C@H]1OC(=O)[C@H](C)[C@@H](O[C@H]2C[C@@](C)(OC)[C@@](O)(c3cccs3)[C@H](C)O2)[C@H](C)[C@@H](O[C@@H]2O[C@H](C)C[C@H](N(C)C)[C@H]2O)[C@](C)(O)C[C@@H](C)CN[C@H](C)[C@@H](O)[C@]1(C)O. The molecular formula is C41H72N2O12S. The van der Waals surface area contributed by atoms with Gasteiger partial charge in [0.15, 0.2) is 18.2 Å². The van der Waals surface area contributed by atoms with Crippen molar-refractivity contribution in [3.8, 4) is 0 Å². The van der Waals surface area contributed by atoms with Crippen LogP contribution in [0.2, 0.25) is 0 Å². The minimum atomic E-state index is -1.82. The summed E-state index contributed by atoms with van der Waals surface area (Å²) in [4.78, 5) is 16.9. The van der Waals surface area contributed by atoms with Crippen LogP contribution in [0.5, 0.6) is 0 Å². The molecule has 14 nitrogen and oxygen atoms in total. The topological polar surface area (TPSA) is 189 Å². The minimum absolute atomic E-state index is 0.0701. The summed E-state index contributed by atoms with van der Waals surface area (Å²) in [5.41, 5.74) is -6.11. The maximum absolute atomic E-state index is 14.3. The fraction of sp³-hybridized carbons (Fsp3) is 0.878. The number of aliphatic hydroxyl groups is 5. The second-order valence-corrected chi connectivity index (χ2v) is 18.8. The molecule has 1 aromatic heterocycles. The molecule has 15 heteroatoms. The van der Waals surface area contributed by atoms with Crippen molar-refractivity contribution in [1.29, 1.82) is 0 Å². The highest BCUT2D eigenvalue weighted by Crippen LogP contribution is 2.49. The number of hydrogen-bond donors (Lipinski definition) is 6. The molecule has 0 amide bonds. The second-order valence-electron chi connectivity index (χ2n) is 17.8. The Labute approximate surface area is 338 Å². The Morgan fingerprint density at radius 3 is 2.23 bits per heavy atom. The van der Waals surface area contributed by atoms with Crippen molar-refractivity contribution in [2.24, 2.45) is 17.8 Å². The van der Waals surface area contributed by atoms with Gasteiger partial charge in [-0.2, -0.15) is 0 Å². The zero-order valence-electron chi connectivity index (χ0n) is 35.8. The van der Waals surface area contributed by atoms with Gasteiger partial charge in [0.25, 0.3) is 0 Å². The second kappa shape index (κ2) is 18.5. The van der Waals surface area contributed by atoms with Crippen LogP contribution in [-0.4, -0.2) is 148 Å². The smallest absolute Gasteiger partial charge is 0.311 e. The van der Waals surface area contributed by atoms with Gasteiger partial charge in [-0.05, 0) is 106 Å². The summed E-state index contributed by atoms with van der Waals surface area (Å²) in [7, 11) is 5.30. The molecule has 56 heavy (non-hydrogen) atoms. The van der Waals surface area contributed by atoms with Crippen LogP contribution in [0.4, 0.5) is 0 Å². The summed E-state index contributed by atoms with van der Waals surface area (Å²) >= 11 is 1.39. The number of methoxy groups -OCH3 is 1. The maximum atomic E-state index is 14.3. The molecule has 0 aromatic carbocycles. The highest BCUT2D eigenvalue weighted by Gasteiger charge is 2.60. The van der Waals surface area contributed by atoms with E-state index in [0.29, 0.717) is 17.8 Å². The third-order valence-electron chi connectivity index (χ3n) is 12.9. The Hall–Kier alpha value is -1.31. The number of thiophene rings is 1. The fourth-order valence-corrected chi connectivity index (χ4v) is 10.3. The van der Waals surface area contributed by atoms with Crippen LogP contribution >= 0.6 is 11.3 Å². The predicted octanol–water partition coefficient (Wildman–Crippen LogP) is 3.15. The number of nitrogens with one attached hydrogen (secondary N) is 1. The molecule has 3 saturated heterocycles. The molecule has 0 radical (unpaired) electrons. The molecule has 0 unspecified atom stereocenters. The monoisotopic (exact) mass is 816 g/mol. The molecule has 4 rings (SSSR count). The lowest BCUT2D eigenvalue weighted by atomic mass is 9.74. The molecule has 4 heterocycles. The Morgan fingerprint density at radius 1 is 1.00 bits per heavy atom. The largest absolute Gasteiger partial charge is 0.459 e. The average molecular weight is 817 g/mol. The number of cyclic esters (lactones) is 1. The third kappa shape index (κ3) is 9.66. The summed E-state index contributed by atoms with van der Waals surface area (Å²) in [6.07, 6.45) is -7.72. The zero-order valence-corrected chi connectivity index (χ0v) is 36.6. The summed E-state index contributed by atoms with van der Waals surface area (Å²) in [6.45, 7) is 17.9. The van der Waals surface area contributed by atoms with Crippen molar-refractivity contribution in [1.82, 2.24) is 10.2 Å². The zero-order chi connectivity index (χ0) is 42.1. The molecule has 0 spiro atoms. The van der Waals surface area contributed by atoms with Crippen LogP contribution in [0.25, 0.3) is 0 Å². The number of ether oxygens (including phenoxy) is 6. The summed E-state index contributed by atoms with van der Waals surface area (Å²) in [5, 5.41) is 64.6. The number of carbonyl (C=O) groups is 1. The van der Waals surface area contributed by atoms with Crippen LogP contribution in [0.3, 0.4) is 0 Å². The van der Waals surface area contributed by atoms with Crippen LogP contribution in [0.15, 0.2) is 17.5 Å². The molecule has 0 bridgehead atoms. The Morgan fingerprint density at radius 2 is 1.66 bits per heavy atom. The van der Waals surface area contributed by atoms with Crippen molar-refractivity contribution in [3.63, 3.8) is 0 Å². The van der Waals surface area contributed by atoms with Gasteiger partial charge in [0.1, 0.15) is 29.5 Å². The van der Waals surface area contributed by atoms with Crippen molar-refractivity contribution in [2.45, 2.75) is 185 Å². The van der Waals surface area contributed by atoms with E-state index in [0.717, 1.165) is 0 Å². The van der Waals surface area contributed by atoms with Gasteiger partial charge in [-0.1, -0.05) is 26.8 Å². The van der Waals surface area contributed by atoms with Gasteiger partial charge in [0.05, 0.1) is 35.9 Å². The molecule has 0 saturated carbocycles. The van der Waals surface area contributed by atoms with E-state index < -0.39 is 95.5 Å². The van der Waals surface area contributed by atoms with Gasteiger partial charge in [-0.3, -0.25) is 4.79 Å². The van der Waals surface area contributed by atoms with E-state index in [1.54, 1.807) is 41.5 Å². The van der Waals surface area contributed by atoms with E-state index in [2.05, 4.69) is 5.32 Å². The van der Waals surface area contributed by atoms with Gasteiger partial charge < -0.3 is 64.2 Å². The lowest BCUT2D eigenvalue weighted by Gasteiger charge is -2.53. The van der Waals surface area contributed by atoms with Crippen molar-refractivity contribution < 1.29 is 58.7 Å². The number of esters is 1. The van der Waals surface area contributed by atoms with Crippen LogP contribution in [-0.2, 0) is 38.8 Å². The van der Waals surface area contributed by atoms with Gasteiger partial charge in [-0.15, -0.1) is 11.3 Å².